The lowest BCUT2D eigenvalue weighted by atomic mass is 10.2. The van der Waals surface area contributed by atoms with Crippen molar-refractivity contribution in [2.24, 2.45) is 0 Å². The molecule has 19 heavy (non-hydrogen) atoms. The van der Waals surface area contributed by atoms with E-state index in [1.165, 1.54) is 5.69 Å². The Bertz CT molecular complexity index is 508. The van der Waals surface area contributed by atoms with Crippen molar-refractivity contribution in [2.45, 2.75) is 26.4 Å². The molecule has 0 fully saturated rings. The quantitative estimate of drug-likeness (QED) is 0.776. The minimum atomic E-state index is 0.698. The summed E-state index contributed by atoms with van der Waals surface area (Å²) in [4.78, 5) is 4.23. The fraction of sp³-hybridized carbons (Fsp3) is 0.400. The molecule has 0 radical (unpaired) electrons. The second-order valence-electron chi connectivity index (χ2n) is 4.48. The van der Waals surface area contributed by atoms with Crippen LogP contribution in [0.15, 0.2) is 36.7 Å². The molecule has 2 aromatic heterocycles. The third-order valence-corrected chi connectivity index (χ3v) is 3.04. The van der Waals surface area contributed by atoms with Crippen molar-refractivity contribution in [2.75, 3.05) is 13.7 Å². The van der Waals surface area contributed by atoms with Crippen LogP contribution in [-0.4, -0.2) is 23.2 Å². The van der Waals surface area contributed by atoms with E-state index in [9.17, 15) is 0 Å². The second-order valence-corrected chi connectivity index (χ2v) is 4.48. The first-order valence-electron chi connectivity index (χ1n) is 6.67. The van der Waals surface area contributed by atoms with Crippen LogP contribution in [0.3, 0.4) is 0 Å². The van der Waals surface area contributed by atoms with E-state index < -0.39 is 0 Å². The summed E-state index contributed by atoms with van der Waals surface area (Å²) in [7, 11) is 1.66. The molecule has 0 bridgehead atoms. The van der Waals surface area contributed by atoms with Gasteiger partial charge in [0.1, 0.15) is 0 Å². The summed E-state index contributed by atoms with van der Waals surface area (Å²) in [6.45, 7) is 4.89. The standard InChI is InChI=1S/C15H21N3O/c1-3-8-16-11-14-7-5-10-18(14)12-13-6-4-9-17-15(13)19-2/h4-7,9-10,16H,3,8,11-12H2,1-2H3. The van der Waals surface area contributed by atoms with E-state index >= 15 is 0 Å². The summed E-state index contributed by atoms with van der Waals surface area (Å²) in [5.74, 6) is 0.698. The van der Waals surface area contributed by atoms with Crippen molar-refractivity contribution in [3.8, 4) is 5.88 Å². The lowest BCUT2D eigenvalue weighted by molar-refractivity contribution is 0.391. The van der Waals surface area contributed by atoms with Crippen LogP contribution in [0.5, 0.6) is 5.88 Å². The molecule has 0 spiro atoms. The van der Waals surface area contributed by atoms with Gasteiger partial charge in [0.05, 0.1) is 13.7 Å². The predicted molar refractivity (Wildman–Crippen MR) is 76.3 cm³/mol. The van der Waals surface area contributed by atoms with Gasteiger partial charge < -0.3 is 14.6 Å². The maximum atomic E-state index is 5.29. The zero-order chi connectivity index (χ0) is 13.5. The van der Waals surface area contributed by atoms with Gasteiger partial charge in [0.25, 0.3) is 0 Å². The van der Waals surface area contributed by atoms with Crippen LogP contribution in [0.4, 0.5) is 0 Å². The summed E-state index contributed by atoms with van der Waals surface area (Å²) in [6, 6.07) is 8.21. The van der Waals surface area contributed by atoms with Crippen molar-refractivity contribution >= 4 is 0 Å². The number of rotatable bonds is 7. The number of aromatic nitrogens is 2. The molecule has 102 valence electrons. The first kappa shape index (κ1) is 13.6. The van der Waals surface area contributed by atoms with Gasteiger partial charge in [-0.05, 0) is 31.2 Å². The molecule has 0 saturated heterocycles. The van der Waals surface area contributed by atoms with Crippen molar-refractivity contribution < 1.29 is 4.74 Å². The Balaban J connectivity index is 2.08. The van der Waals surface area contributed by atoms with Gasteiger partial charge in [-0.1, -0.05) is 13.0 Å². The summed E-state index contributed by atoms with van der Waals surface area (Å²) in [6.07, 6.45) is 4.99. The van der Waals surface area contributed by atoms with Gasteiger partial charge in [0.15, 0.2) is 0 Å². The number of hydrogen-bond acceptors (Lipinski definition) is 3. The van der Waals surface area contributed by atoms with Gasteiger partial charge in [0.2, 0.25) is 5.88 Å². The maximum absolute atomic E-state index is 5.29. The minimum Gasteiger partial charge on any atom is -0.481 e. The molecular weight excluding hydrogens is 238 g/mol. The first-order chi connectivity index (χ1) is 9.35. The minimum absolute atomic E-state index is 0.698. The fourth-order valence-electron chi connectivity index (χ4n) is 2.07. The third-order valence-electron chi connectivity index (χ3n) is 3.04. The monoisotopic (exact) mass is 259 g/mol. The molecular formula is C15H21N3O. The number of methoxy groups -OCH3 is 1. The lowest BCUT2D eigenvalue weighted by Crippen LogP contribution is -2.17. The highest BCUT2D eigenvalue weighted by Crippen LogP contribution is 2.16. The number of ether oxygens (including phenoxy) is 1. The van der Waals surface area contributed by atoms with Crippen LogP contribution in [0, 0.1) is 0 Å². The van der Waals surface area contributed by atoms with E-state index in [-0.39, 0.29) is 0 Å². The molecule has 2 aromatic rings. The smallest absolute Gasteiger partial charge is 0.218 e. The summed E-state index contributed by atoms with van der Waals surface area (Å²) in [5.41, 5.74) is 2.37. The zero-order valence-electron chi connectivity index (χ0n) is 11.6. The lowest BCUT2D eigenvalue weighted by Gasteiger charge is -2.12. The Morgan fingerprint density at radius 3 is 3.00 bits per heavy atom. The average Bonchev–Trinajstić information content (AvgIpc) is 2.87. The van der Waals surface area contributed by atoms with Crippen molar-refractivity contribution in [1.29, 1.82) is 0 Å². The van der Waals surface area contributed by atoms with E-state index in [0.717, 1.165) is 31.6 Å². The average molecular weight is 259 g/mol. The van der Waals surface area contributed by atoms with E-state index in [1.54, 1.807) is 13.3 Å². The Labute approximate surface area is 114 Å². The number of nitrogens with one attached hydrogen (secondary N) is 1. The van der Waals surface area contributed by atoms with E-state index in [1.807, 2.05) is 6.07 Å². The molecule has 0 aromatic carbocycles. The molecule has 0 atom stereocenters. The molecule has 1 N–H and O–H groups in total. The molecule has 0 saturated carbocycles. The normalized spacial score (nSPS) is 10.6. The second kappa shape index (κ2) is 6.95. The van der Waals surface area contributed by atoms with Gasteiger partial charge in [-0.2, -0.15) is 0 Å². The van der Waals surface area contributed by atoms with Gasteiger partial charge in [-0.15, -0.1) is 0 Å². The summed E-state index contributed by atoms with van der Waals surface area (Å²) in [5, 5.41) is 3.42. The van der Waals surface area contributed by atoms with Gasteiger partial charge in [0, 0.05) is 30.2 Å². The SMILES string of the molecule is CCCNCc1cccn1Cc1cccnc1OC. The van der Waals surface area contributed by atoms with Gasteiger partial charge >= 0.3 is 0 Å². The van der Waals surface area contributed by atoms with Gasteiger partial charge in [-0.25, -0.2) is 4.98 Å². The molecule has 0 aliphatic rings. The molecule has 0 amide bonds. The van der Waals surface area contributed by atoms with Crippen LogP contribution < -0.4 is 10.1 Å². The molecule has 2 heterocycles. The van der Waals surface area contributed by atoms with Crippen LogP contribution >= 0.6 is 0 Å². The molecule has 2 rings (SSSR count). The van der Waals surface area contributed by atoms with Crippen LogP contribution in [-0.2, 0) is 13.1 Å². The van der Waals surface area contributed by atoms with Crippen LogP contribution in [0.1, 0.15) is 24.6 Å². The zero-order valence-corrected chi connectivity index (χ0v) is 11.6. The topological polar surface area (TPSA) is 39.1 Å². The first-order valence-corrected chi connectivity index (χ1v) is 6.67. The van der Waals surface area contributed by atoms with E-state index in [4.69, 9.17) is 4.74 Å². The van der Waals surface area contributed by atoms with E-state index in [0.29, 0.717) is 5.88 Å². The van der Waals surface area contributed by atoms with Crippen molar-refractivity contribution in [3.05, 3.63) is 47.9 Å². The molecule has 4 heteroatoms. The largest absolute Gasteiger partial charge is 0.481 e. The number of pyridine rings is 1. The Morgan fingerprint density at radius 1 is 1.32 bits per heavy atom. The molecule has 4 nitrogen and oxygen atoms in total. The summed E-state index contributed by atoms with van der Waals surface area (Å²) >= 11 is 0. The highest BCUT2D eigenvalue weighted by molar-refractivity contribution is 5.26. The van der Waals surface area contributed by atoms with E-state index in [2.05, 4.69) is 46.2 Å². The van der Waals surface area contributed by atoms with Gasteiger partial charge in [-0.3, -0.25) is 0 Å². The predicted octanol–water partition coefficient (Wildman–Crippen LogP) is 2.44. The number of nitrogens with zero attached hydrogens (tertiary/aromatic N) is 2. The molecule has 0 unspecified atom stereocenters. The maximum Gasteiger partial charge on any atom is 0.218 e. The highest BCUT2D eigenvalue weighted by atomic mass is 16.5. The Morgan fingerprint density at radius 2 is 2.21 bits per heavy atom. The molecule has 0 aliphatic carbocycles. The Hall–Kier alpha value is -1.81. The third kappa shape index (κ3) is 3.58. The van der Waals surface area contributed by atoms with Crippen molar-refractivity contribution in [3.63, 3.8) is 0 Å². The number of hydrogen-bond donors (Lipinski definition) is 1. The van der Waals surface area contributed by atoms with Crippen molar-refractivity contribution in [1.82, 2.24) is 14.9 Å². The van der Waals surface area contributed by atoms with Crippen LogP contribution in [0.25, 0.3) is 0 Å². The Kier molecular flexibility index (Phi) is 4.98. The molecule has 0 aliphatic heterocycles. The van der Waals surface area contributed by atoms with Crippen LogP contribution in [0.2, 0.25) is 0 Å². The highest BCUT2D eigenvalue weighted by Gasteiger charge is 2.06. The summed E-state index contributed by atoms with van der Waals surface area (Å²) < 4.78 is 7.52. The fourth-order valence-corrected chi connectivity index (χ4v) is 2.07.